The van der Waals surface area contributed by atoms with Gasteiger partial charge in [-0.05, 0) is 47.6 Å². The summed E-state index contributed by atoms with van der Waals surface area (Å²) in [6.45, 7) is 1.43. The van der Waals surface area contributed by atoms with Crippen LogP contribution in [0.4, 0.5) is 11.4 Å². The summed E-state index contributed by atoms with van der Waals surface area (Å²) in [4.78, 5) is 12.5. The summed E-state index contributed by atoms with van der Waals surface area (Å²) in [6.07, 6.45) is 0.590. The van der Waals surface area contributed by atoms with E-state index in [0.717, 1.165) is 11.4 Å². The molecule has 0 radical (unpaired) electrons. The number of thiocarbonyl (C=S) groups is 1. The summed E-state index contributed by atoms with van der Waals surface area (Å²) in [5.74, 6) is 0. The molecule has 0 unspecified atom stereocenters. The summed E-state index contributed by atoms with van der Waals surface area (Å²) < 4.78 is 0. The third-order valence-electron chi connectivity index (χ3n) is 4.13. The van der Waals surface area contributed by atoms with Crippen molar-refractivity contribution in [3.8, 4) is 0 Å². The molecule has 0 aliphatic heterocycles. The van der Waals surface area contributed by atoms with Crippen LogP contribution in [0.3, 0.4) is 0 Å². The van der Waals surface area contributed by atoms with Gasteiger partial charge in [0.2, 0.25) is 6.41 Å². The maximum absolute atomic E-state index is 10.4. The summed E-state index contributed by atoms with van der Waals surface area (Å²) >= 11 is 5.70. The zero-order chi connectivity index (χ0) is 19.6. The van der Waals surface area contributed by atoms with Crippen LogP contribution in [0.25, 0.3) is 0 Å². The van der Waals surface area contributed by atoms with Gasteiger partial charge in [0, 0.05) is 18.8 Å². The Morgan fingerprint density at radius 1 is 0.786 bits per heavy atom. The number of nitrogens with one attached hydrogen (secondary N) is 3. The molecule has 0 saturated carbocycles. The molecule has 0 aliphatic carbocycles. The molecule has 0 bridgehead atoms. The lowest BCUT2D eigenvalue weighted by Crippen LogP contribution is -2.33. The molecule has 0 aliphatic rings. The van der Waals surface area contributed by atoms with Gasteiger partial charge in [0.25, 0.3) is 0 Å². The first-order chi connectivity index (χ1) is 13.7. The minimum absolute atomic E-state index is 0.590. The highest BCUT2D eigenvalue weighted by atomic mass is 32.1. The molecule has 6 heteroatoms. The largest absolute Gasteiger partial charge is 0.340 e. The molecule has 3 rings (SSSR count). The van der Waals surface area contributed by atoms with Gasteiger partial charge in [-0.2, -0.15) is 0 Å². The Bertz CT molecular complexity index is 844. The molecule has 142 valence electrons. The predicted octanol–water partition coefficient (Wildman–Crippen LogP) is 4.16. The first-order valence-electron chi connectivity index (χ1n) is 8.93. The lowest BCUT2D eigenvalue weighted by atomic mass is 10.2. The van der Waals surface area contributed by atoms with Gasteiger partial charge in [-0.15, -0.1) is 0 Å². The monoisotopic (exact) mass is 390 g/mol. The summed E-state index contributed by atoms with van der Waals surface area (Å²) in [5.41, 5.74) is 9.25. The van der Waals surface area contributed by atoms with Crippen molar-refractivity contribution in [2.75, 3.05) is 10.7 Å². The number of rotatable bonds is 8. The van der Waals surface area contributed by atoms with Gasteiger partial charge in [-0.3, -0.25) is 15.6 Å². The number of carbonyl (C=O) groups excluding carboxylic acids is 1. The van der Waals surface area contributed by atoms with Crippen molar-refractivity contribution in [2.24, 2.45) is 0 Å². The van der Waals surface area contributed by atoms with Crippen molar-refractivity contribution in [3.63, 3.8) is 0 Å². The average Bonchev–Trinajstić information content (AvgIpc) is 2.74. The van der Waals surface area contributed by atoms with Crippen LogP contribution in [0.15, 0.2) is 84.9 Å². The van der Waals surface area contributed by atoms with Gasteiger partial charge < -0.3 is 10.2 Å². The van der Waals surface area contributed by atoms with Crippen LogP contribution in [-0.4, -0.2) is 16.4 Å². The van der Waals surface area contributed by atoms with E-state index in [0.29, 0.717) is 24.6 Å². The fourth-order valence-corrected chi connectivity index (χ4v) is 3.01. The quantitative estimate of drug-likeness (QED) is 0.306. The molecule has 0 aromatic heterocycles. The van der Waals surface area contributed by atoms with E-state index in [1.54, 1.807) is 0 Å². The number of nitrogens with zero attached hydrogens (tertiary/aromatic N) is 1. The number of benzene rings is 3. The van der Waals surface area contributed by atoms with Crippen LogP contribution in [-0.2, 0) is 17.9 Å². The second-order valence-electron chi connectivity index (χ2n) is 6.22. The number of carbonyl (C=O) groups is 1. The number of hydrogen-bond acceptors (Lipinski definition) is 3. The number of anilines is 2. The highest BCUT2D eigenvalue weighted by Gasteiger charge is 2.12. The van der Waals surface area contributed by atoms with Crippen LogP contribution in [0.5, 0.6) is 0 Å². The van der Waals surface area contributed by atoms with Gasteiger partial charge in [0.15, 0.2) is 5.11 Å². The normalized spacial score (nSPS) is 10.0. The van der Waals surface area contributed by atoms with Gasteiger partial charge in [0.1, 0.15) is 0 Å². The van der Waals surface area contributed by atoms with Crippen molar-refractivity contribution >= 4 is 35.1 Å². The first-order valence-corrected chi connectivity index (χ1v) is 9.34. The van der Waals surface area contributed by atoms with Crippen LogP contribution in [0, 0.1) is 0 Å². The van der Waals surface area contributed by atoms with Crippen molar-refractivity contribution in [1.29, 1.82) is 0 Å². The van der Waals surface area contributed by atoms with E-state index in [1.165, 1.54) is 11.1 Å². The second kappa shape index (κ2) is 10.1. The van der Waals surface area contributed by atoms with E-state index in [1.807, 2.05) is 60.7 Å². The third-order valence-corrected chi connectivity index (χ3v) is 4.49. The van der Waals surface area contributed by atoms with E-state index in [9.17, 15) is 4.79 Å². The Morgan fingerprint density at radius 2 is 1.29 bits per heavy atom. The minimum Gasteiger partial charge on any atom is -0.340 e. The molecule has 5 nitrogen and oxygen atoms in total. The van der Waals surface area contributed by atoms with E-state index in [4.69, 9.17) is 12.2 Å². The van der Waals surface area contributed by atoms with Gasteiger partial charge >= 0.3 is 0 Å². The van der Waals surface area contributed by atoms with Crippen molar-refractivity contribution in [2.45, 2.75) is 13.1 Å². The van der Waals surface area contributed by atoms with E-state index in [-0.39, 0.29) is 0 Å². The Kier molecular flexibility index (Phi) is 6.98. The van der Waals surface area contributed by atoms with Crippen LogP contribution in [0.2, 0.25) is 0 Å². The molecule has 3 N–H and O–H groups in total. The standard InChI is InChI=1S/C22H22N4OS/c27-17-23-25-21-13-11-20(12-14-21)24-22(28)26(15-18-7-3-1-4-8-18)16-19-9-5-2-6-10-19/h1-14,17,25H,15-16H2,(H,23,27)(H,24,28). The fourth-order valence-electron chi connectivity index (χ4n) is 2.76. The average molecular weight is 391 g/mol. The minimum atomic E-state index is 0.590. The molecule has 28 heavy (non-hydrogen) atoms. The zero-order valence-corrected chi connectivity index (χ0v) is 16.2. The molecule has 0 spiro atoms. The topological polar surface area (TPSA) is 56.4 Å². The summed E-state index contributed by atoms with van der Waals surface area (Å²) in [5, 5.41) is 3.96. The molecular weight excluding hydrogens is 368 g/mol. The highest BCUT2D eigenvalue weighted by Crippen LogP contribution is 2.16. The van der Waals surface area contributed by atoms with Gasteiger partial charge in [-0.25, -0.2) is 0 Å². The molecule has 0 atom stereocenters. The molecule has 0 fully saturated rings. The second-order valence-corrected chi connectivity index (χ2v) is 6.61. The molecule has 0 heterocycles. The molecule has 3 aromatic carbocycles. The fraction of sp³-hybridized carbons (Fsp3) is 0.0909. The number of hydrazine groups is 1. The zero-order valence-electron chi connectivity index (χ0n) is 15.3. The van der Waals surface area contributed by atoms with Crippen molar-refractivity contribution in [3.05, 3.63) is 96.1 Å². The predicted molar refractivity (Wildman–Crippen MR) is 118 cm³/mol. The Hall–Kier alpha value is -3.38. The summed E-state index contributed by atoms with van der Waals surface area (Å²) in [7, 11) is 0. The Morgan fingerprint density at radius 3 is 1.79 bits per heavy atom. The molecule has 0 saturated heterocycles. The molecule has 1 amide bonds. The molecular formula is C22H22N4OS. The number of amides is 1. The van der Waals surface area contributed by atoms with E-state index < -0.39 is 0 Å². The van der Waals surface area contributed by atoms with Crippen molar-refractivity contribution in [1.82, 2.24) is 10.3 Å². The maximum Gasteiger partial charge on any atom is 0.225 e. The van der Waals surface area contributed by atoms with Gasteiger partial charge in [0.05, 0.1) is 5.69 Å². The Balaban J connectivity index is 1.71. The van der Waals surface area contributed by atoms with Crippen LogP contribution in [0.1, 0.15) is 11.1 Å². The smallest absolute Gasteiger partial charge is 0.225 e. The number of hydrogen-bond donors (Lipinski definition) is 3. The van der Waals surface area contributed by atoms with Gasteiger partial charge in [-0.1, -0.05) is 60.7 Å². The van der Waals surface area contributed by atoms with Crippen LogP contribution >= 0.6 is 12.2 Å². The van der Waals surface area contributed by atoms with E-state index in [2.05, 4.69) is 45.3 Å². The highest BCUT2D eigenvalue weighted by molar-refractivity contribution is 7.80. The Labute approximate surface area is 170 Å². The van der Waals surface area contributed by atoms with Crippen molar-refractivity contribution < 1.29 is 4.79 Å². The first kappa shape index (κ1) is 19.4. The molecule has 3 aromatic rings. The maximum atomic E-state index is 10.4. The lowest BCUT2D eigenvalue weighted by Gasteiger charge is -2.26. The third kappa shape index (κ3) is 5.82. The summed E-state index contributed by atoms with van der Waals surface area (Å²) in [6, 6.07) is 28.1. The SMILES string of the molecule is O=CNNc1ccc(NC(=S)N(Cc2ccccc2)Cc2ccccc2)cc1. The van der Waals surface area contributed by atoms with Crippen LogP contribution < -0.4 is 16.2 Å². The lowest BCUT2D eigenvalue weighted by molar-refractivity contribution is -0.109. The van der Waals surface area contributed by atoms with E-state index >= 15 is 0 Å².